The van der Waals surface area contributed by atoms with Crippen molar-refractivity contribution >= 4 is 0 Å². The van der Waals surface area contributed by atoms with E-state index in [2.05, 4.69) is 9.97 Å². The van der Waals surface area contributed by atoms with Gasteiger partial charge in [-0.05, 0) is 12.3 Å². The Morgan fingerprint density at radius 2 is 2.31 bits per heavy atom. The van der Waals surface area contributed by atoms with E-state index in [1.807, 2.05) is 0 Å². The Morgan fingerprint density at radius 3 is 2.85 bits per heavy atom. The number of aromatic nitrogens is 2. The molecular weight excluding hydrogens is 162 g/mol. The van der Waals surface area contributed by atoms with Crippen molar-refractivity contribution in [2.75, 3.05) is 0 Å². The van der Waals surface area contributed by atoms with Crippen LogP contribution in [0.25, 0.3) is 0 Å². The van der Waals surface area contributed by atoms with Crippen LogP contribution in [-0.4, -0.2) is 9.97 Å². The lowest BCUT2D eigenvalue weighted by Gasteiger charge is -2.27. The largest absolute Gasteiger partial charge is 0.323 e. The third kappa shape index (κ3) is 2.04. The average Bonchev–Trinajstić information content (AvgIpc) is 2.12. The van der Waals surface area contributed by atoms with Crippen LogP contribution in [0.5, 0.6) is 0 Å². The van der Waals surface area contributed by atoms with E-state index in [1.54, 1.807) is 18.6 Å². The van der Waals surface area contributed by atoms with Gasteiger partial charge in [-0.15, -0.1) is 0 Å². The van der Waals surface area contributed by atoms with Crippen molar-refractivity contribution in [3.63, 3.8) is 0 Å². The highest BCUT2D eigenvalue weighted by Crippen LogP contribution is 2.33. The van der Waals surface area contributed by atoms with Gasteiger partial charge in [-0.1, -0.05) is 19.3 Å². The Bertz CT molecular complexity index is 256. The molecule has 1 aromatic heterocycles. The van der Waals surface area contributed by atoms with E-state index in [-0.39, 0.29) is 6.04 Å². The summed E-state index contributed by atoms with van der Waals surface area (Å²) in [5.74, 6) is 0.831. The summed E-state index contributed by atoms with van der Waals surface area (Å²) >= 11 is 0. The predicted molar refractivity (Wildman–Crippen MR) is 50.9 cm³/mol. The van der Waals surface area contributed by atoms with Crippen molar-refractivity contribution in [1.29, 1.82) is 0 Å². The van der Waals surface area contributed by atoms with Crippen LogP contribution in [-0.2, 0) is 0 Å². The van der Waals surface area contributed by atoms with Crippen molar-refractivity contribution in [1.82, 2.24) is 9.97 Å². The number of nitrogens with two attached hydrogens (primary N) is 1. The van der Waals surface area contributed by atoms with Crippen molar-refractivity contribution in [2.24, 2.45) is 11.7 Å². The zero-order valence-electron chi connectivity index (χ0n) is 7.69. The van der Waals surface area contributed by atoms with E-state index in [0.29, 0.717) is 0 Å². The second-order valence-electron chi connectivity index (χ2n) is 3.77. The Morgan fingerprint density at radius 1 is 1.46 bits per heavy atom. The summed E-state index contributed by atoms with van der Waals surface area (Å²) in [4.78, 5) is 8.22. The van der Waals surface area contributed by atoms with Gasteiger partial charge >= 0.3 is 0 Å². The van der Waals surface area contributed by atoms with E-state index in [9.17, 15) is 0 Å². The molecule has 1 saturated carbocycles. The van der Waals surface area contributed by atoms with E-state index >= 15 is 0 Å². The number of hydrogen-bond donors (Lipinski definition) is 1. The van der Waals surface area contributed by atoms with Gasteiger partial charge in [-0.2, -0.15) is 0 Å². The van der Waals surface area contributed by atoms with E-state index in [0.717, 1.165) is 18.0 Å². The molecule has 1 aromatic rings. The normalized spacial score (nSPS) is 19.5. The molecule has 70 valence electrons. The van der Waals surface area contributed by atoms with E-state index < -0.39 is 0 Å². The van der Waals surface area contributed by atoms with Crippen molar-refractivity contribution in [2.45, 2.75) is 31.7 Å². The first-order valence-corrected chi connectivity index (χ1v) is 4.88. The van der Waals surface area contributed by atoms with Gasteiger partial charge in [0.05, 0.1) is 5.69 Å². The molecule has 3 heteroatoms. The van der Waals surface area contributed by atoms with Gasteiger partial charge in [0.15, 0.2) is 0 Å². The first kappa shape index (κ1) is 8.63. The summed E-state index contributed by atoms with van der Waals surface area (Å²) in [6.45, 7) is 0. The second kappa shape index (κ2) is 3.83. The minimum atomic E-state index is 0.0824. The van der Waals surface area contributed by atoms with Crippen LogP contribution in [0.1, 0.15) is 37.4 Å². The fraction of sp³-hybridized carbons (Fsp3) is 0.600. The molecule has 0 spiro atoms. The van der Waals surface area contributed by atoms with Crippen molar-refractivity contribution in [3.05, 3.63) is 24.3 Å². The summed E-state index contributed by atoms with van der Waals surface area (Å²) in [5, 5.41) is 0. The molecule has 1 atom stereocenters. The lowest BCUT2D eigenvalue weighted by Crippen LogP contribution is -2.20. The van der Waals surface area contributed by atoms with Gasteiger partial charge in [0.25, 0.3) is 0 Å². The number of hydrogen-bond acceptors (Lipinski definition) is 3. The minimum Gasteiger partial charge on any atom is -0.323 e. The predicted octanol–water partition coefficient (Wildman–Crippen LogP) is 1.67. The molecule has 13 heavy (non-hydrogen) atoms. The molecule has 2 N–H and O–H groups in total. The number of nitrogens with zero attached hydrogens (tertiary/aromatic N) is 2. The number of rotatable bonds is 3. The molecule has 0 saturated heterocycles. The SMILES string of the molecule is NC(CC1CCC1)c1cnccn1. The monoisotopic (exact) mass is 177 g/mol. The van der Waals surface area contributed by atoms with E-state index in [1.165, 1.54) is 19.3 Å². The smallest absolute Gasteiger partial charge is 0.0753 e. The van der Waals surface area contributed by atoms with Crippen LogP contribution in [0.4, 0.5) is 0 Å². The molecule has 0 radical (unpaired) electrons. The summed E-state index contributed by atoms with van der Waals surface area (Å²) in [7, 11) is 0. The summed E-state index contributed by atoms with van der Waals surface area (Å²) in [6.07, 6.45) is 10.3. The third-order valence-electron chi connectivity index (χ3n) is 2.78. The van der Waals surface area contributed by atoms with Gasteiger partial charge in [-0.3, -0.25) is 9.97 Å². The van der Waals surface area contributed by atoms with Crippen molar-refractivity contribution in [3.8, 4) is 0 Å². The highest BCUT2D eigenvalue weighted by Gasteiger charge is 2.21. The standard InChI is InChI=1S/C10H15N3/c11-9(6-8-2-1-3-8)10-7-12-4-5-13-10/h4-5,7-9H,1-3,6,11H2. The van der Waals surface area contributed by atoms with Crippen LogP contribution < -0.4 is 5.73 Å². The van der Waals surface area contributed by atoms with Gasteiger partial charge in [-0.25, -0.2) is 0 Å². The van der Waals surface area contributed by atoms with Gasteiger partial charge in [0.2, 0.25) is 0 Å². The summed E-state index contributed by atoms with van der Waals surface area (Å²) < 4.78 is 0. The maximum Gasteiger partial charge on any atom is 0.0753 e. The lowest BCUT2D eigenvalue weighted by molar-refractivity contribution is 0.276. The van der Waals surface area contributed by atoms with Gasteiger partial charge in [0.1, 0.15) is 0 Å². The molecule has 2 rings (SSSR count). The fourth-order valence-electron chi connectivity index (χ4n) is 1.71. The summed E-state index contributed by atoms with van der Waals surface area (Å²) in [5.41, 5.74) is 6.93. The van der Waals surface area contributed by atoms with Gasteiger partial charge in [0, 0.05) is 24.6 Å². The summed E-state index contributed by atoms with van der Waals surface area (Å²) in [6, 6.07) is 0.0824. The topological polar surface area (TPSA) is 51.8 Å². The molecule has 0 aliphatic heterocycles. The van der Waals surface area contributed by atoms with Gasteiger partial charge < -0.3 is 5.73 Å². The minimum absolute atomic E-state index is 0.0824. The molecule has 0 aromatic carbocycles. The molecule has 0 bridgehead atoms. The van der Waals surface area contributed by atoms with Crippen LogP contribution in [0.15, 0.2) is 18.6 Å². The first-order chi connectivity index (χ1) is 6.36. The van der Waals surface area contributed by atoms with Crippen LogP contribution in [0.3, 0.4) is 0 Å². The molecule has 0 amide bonds. The fourth-order valence-corrected chi connectivity index (χ4v) is 1.71. The zero-order valence-corrected chi connectivity index (χ0v) is 7.69. The van der Waals surface area contributed by atoms with Crippen LogP contribution in [0, 0.1) is 5.92 Å². The Kier molecular flexibility index (Phi) is 2.54. The first-order valence-electron chi connectivity index (χ1n) is 4.88. The molecule has 1 aliphatic carbocycles. The third-order valence-corrected chi connectivity index (χ3v) is 2.78. The highest BCUT2D eigenvalue weighted by molar-refractivity contribution is 5.01. The molecule has 3 nitrogen and oxygen atoms in total. The molecule has 1 fully saturated rings. The molecular formula is C10H15N3. The van der Waals surface area contributed by atoms with Crippen LogP contribution in [0.2, 0.25) is 0 Å². The Balaban J connectivity index is 1.92. The van der Waals surface area contributed by atoms with E-state index in [4.69, 9.17) is 5.73 Å². The molecule has 1 unspecified atom stereocenters. The molecule has 1 aliphatic rings. The quantitative estimate of drug-likeness (QED) is 0.764. The zero-order chi connectivity index (χ0) is 9.10. The Hall–Kier alpha value is -0.960. The second-order valence-corrected chi connectivity index (χ2v) is 3.77. The maximum absolute atomic E-state index is 6.00. The maximum atomic E-state index is 6.00. The highest BCUT2D eigenvalue weighted by atomic mass is 14.8. The lowest BCUT2D eigenvalue weighted by atomic mass is 9.80. The Labute approximate surface area is 78.4 Å². The molecule has 1 heterocycles. The van der Waals surface area contributed by atoms with Crippen LogP contribution >= 0.6 is 0 Å². The van der Waals surface area contributed by atoms with Crippen molar-refractivity contribution < 1.29 is 0 Å². The average molecular weight is 177 g/mol.